The van der Waals surface area contributed by atoms with E-state index in [1.54, 1.807) is 0 Å². The summed E-state index contributed by atoms with van der Waals surface area (Å²) in [6, 6.07) is 3.53. The Bertz CT molecular complexity index is 421. The Morgan fingerprint density at radius 3 is 2.40 bits per heavy atom. The maximum absolute atomic E-state index is 12.5. The molecule has 0 aromatic heterocycles. The van der Waals surface area contributed by atoms with Gasteiger partial charge in [-0.15, -0.1) is 0 Å². The second-order valence-electron chi connectivity index (χ2n) is 2.81. The molecule has 0 fully saturated rings. The van der Waals surface area contributed by atoms with Crippen molar-refractivity contribution in [2.24, 2.45) is 5.73 Å². The number of rotatable bonds is 1. The van der Waals surface area contributed by atoms with E-state index in [9.17, 15) is 13.2 Å². The van der Waals surface area contributed by atoms with Gasteiger partial charge >= 0.3 is 6.18 Å². The molecule has 0 saturated carbocycles. The Kier molecular flexibility index (Phi) is 3.22. The summed E-state index contributed by atoms with van der Waals surface area (Å²) in [5.74, 6) is 0. The number of nitrogens with two attached hydrogens (primary N) is 1. The van der Waals surface area contributed by atoms with Crippen LogP contribution in [0.5, 0.6) is 0 Å². The van der Waals surface area contributed by atoms with Crippen LogP contribution in [0.4, 0.5) is 13.2 Å². The molecule has 0 spiro atoms. The molecule has 15 heavy (non-hydrogen) atoms. The summed E-state index contributed by atoms with van der Waals surface area (Å²) in [6.45, 7) is -0.0610. The molecule has 2 nitrogen and oxygen atoms in total. The maximum atomic E-state index is 12.5. The molecular formula is C9H6ClF3N2. The second-order valence-corrected chi connectivity index (χ2v) is 3.22. The third-order valence-electron chi connectivity index (χ3n) is 1.80. The first kappa shape index (κ1) is 11.8. The lowest BCUT2D eigenvalue weighted by atomic mass is 10.0. The van der Waals surface area contributed by atoms with Gasteiger partial charge in [0.1, 0.15) is 6.07 Å². The fourth-order valence-electron chi connectivity index (χ4n) is 1.12. The lowest BCUT2D eigenvalue weighted by Gasteiger charge is -2.11. The van der Waals surface area contributed by atoms with E-state index in [1.807, 2.05) is 0 Å². The zero-order valence-corrected chi connectivity index (χ0v) is 8.15. The van der Waals surface area contributed by atoms with E-state index in [-0.39, 0.29) is 17.1 Å². The van der Waals surface area contributed by atoms with Gasteiger partial charge in [-0.2, -0.15) is 18.4 Å². The number of nitrogens with zero attached hydrogens (tertiary/aromatic N) is 1. The highest BCUT2D eigenvalue weighted by atomic mass is 35.5. The highest BCUT2D eigenvalue weighted by Gasteiger charge is 2.34. The van der Waals surface area contributed by atoms with Gasteiger partial charge in [0.15, 0.2) is 0 Å². The monoisotopic (exact) mass is 234 g/mol. The van der Waals surface area contributed by atoms with Crippen molar-refractivity contribution in [2.45, 2.75) is 12.7 Å². The van der Waals surface area contributed by atoms with E-state index in [2.05, 4.69) is 0 Å². The molecule has 0 saturated heterocycles. The third-order valence-corrected chi connectivity index (χ3v) is 2.10. The minimum absolute atomic E-state index is 0.0610. The smallest absolute Gasteiger partial charge is 0.326 e. The summed E-state index contributed by atoms with van der Waals surface area (Å²) >= 11 is 5.54. The van der Waals surface area contributed by atoms with E-state index in [0.29, 0.717) is 0 Å². The van der Waals surface area contributed by atoms with E-state index >= 15 is 0 Å². The molecule has 80 valence electrons. The topological polar surface area (TPSA) is 49.8 Å². The van der Waals surface area contributed by atoms with Crippen molar-refractivity contribution in [1.82, 2.24) is 0 Å². The van der Waals surface area contributed by atoms with Gasteiger partial charge < -0.3 is 5.73 Å². The molecule has 0 aliphatic heterocycles. The molecule has 0 unspecified atom stereocenters. The van der Waals surface area contributed by atoms with Crippen LogP contribution in [0, 0.1) is 11.3 Å². The highest BCUT2D eigenvalue weighted by molar-refractivity contribution is 6.31. The predicted molar refractivity (Wildman–Crippen MR) is 49.1 cm³/mol. The molecule has 0 aliphatic rings. The molecule has 0 radical (unpaired) electrons. The Morgan fingerprint density at radius 1 is 1.40 bits per heavy atom. The average Bonchev–Trinajstić information content (AvgIpc) is 2.15. The van der Waals surface area contributed by atoms with Crippen LogP contribution in [-0.2, 0) is 12.7 Å². The molecule has 0 heterocycles. The SMILES string of the molecule is N#Cc1c(Cl)cc(CN)cc1C(F)(F)F. The molecule has 0 atom stereocenters. The van der Waals surface area contributed by atoms with Gasteiger partial charge in [0.25, 0.3) is 0 Å². The predicted octanol–water partition coefficient (Wildman–Crippen LogP) is 2.69. The summed E-state index contributed by atoms with van der Waals surface area (Å²) < 4.78 is 37.4. The molecule has 1 aromatic rings. The van der Waals surface area contributed by atoms with Crippen LogP contribution in [-0.4, -0.2) is 0 Å². The van der Waals surface area contributed by atoms with Crippen LogP contribution in [0.1, 0.15) is 16.7 Å². The highest BCUT2D eigenvalue weighted by Crippen LogP contribution is 2.35. The quantitative estimate of drug-likeness (QED) is 0.812. The fraction of sp³-hybridized carbons (Fsp3) is 0.222. The van der Waals surface area contributed by atoms with Crippen LogP contribution < -0.4 is 5.73 Å². The summed E-state index contributed by atoms with van der Waals surface area (Å²) in [6.07, 6.45) is -4.60. The Balaban J connectivity index is 3.48. The zero-order valence-electron chi connectivity index (χ0n) is 7.40. The summed E-state index contributed by atoms with van der Waals surface area (Å²) in [7, 11) is 0. The zero-order chi connectivity index (χ0) is 11.6. The van der Waals surface area contributed by atoms with Crippen molar-refractivity contribution in [3.8, 4) is 6.07 Å². The maximum Gasteiger partial charge on any atom is 0.417 e. The summed E-state index contributed by atoms with van der Waals surface area (Å²) in [4.78, 5) is 0. The van der Waals surface area contributed by atoms with Crippen molar-refractivity contribution >= 4 is 11.6 Å². The van der Waals surface area contributed by atoms with Crippen LogP contribution in [0.25, 0.3) is 0 Å². The fourth-order valence-corrected chi connectivity index (χ4v) is 1.40. The Morgan fingerprint density at radius 2 is 2.00 bits per heavy atom. The molecule has 6 heteroatoms. The van der Waals surface area contributed by atoms with Gasteiger partial charge in [0.2, 0.25) is 0 Å². The van der Waals surface area contributed by atoms with Gasteiger partial charge in [-0.1, -0.05) is 11.6 Å². The van der Waals surface area contributed by atoms with Gasteiger partial charge in [-0.25, -0.2) is 0 Å². The number of halogens is 4. The van der Waals surface area contributed by atoms with Crippen molar-refractivity contribution in [3.05, 3.63) is 33.8 Å². The first-order valence-electron chi connectivity index (χ1n) is 3.90. The minimum Gasteiger partial charge on any atom is -0.326 e. The lowest BCUT2D eigenvalue weighted by Crippen LogP contribution is -2.10. The van der Waals surface area contributed by atoms with Crippen molar-refractivity contribution < 1.29 is 13.2 Å². The largest absolute Gasteiger partial charge is 0.417 e. The van der Waals surface area contributed by atoms with Gasteiger partial charge in [0.05, 0.1) is 16.1 Å². The van der Waals surface area contributed by atoms with Crippen LogP contribution in [0.2, 0.25) is 5.02 Å². The lowest BCUT2D eigenvalue weighted by molar-refractivity contribution is -0.137. The normalized spacial score (nSPS) is 11.2. The average molecular weight is 235 g/mol. The van der Waals surface area contributed by atoms with Crippen LogP contribution in [0.3, 0.4) is 0 Å². The van der Waals surface area contributed by atoms with Crippen molar-refractivity contribution in [1.29, 1.82) is 5.26 Å². The Hall–Kier alpha value is -1.25. The molecule has 2 N–H and O–H groups in total. The molecule has 0 amide bonds. The Labute approximate surface area is 89.1 Å². The van der Waals surface area contributed by atoms with Gasteiger partial charge in [-0.3, -0.25) is 0 Å². The number of hydrogen-bond donors (Lipinski definition) is 1. The molecular weight excluding hydrogens is 229 g/mol. The molecule has 0 bridgehead atoms. The van der Waals surface area contributed by atoms with E-state index < -0.39 is 17.3 Å². The number of nitriles is 1. The second kappa shape index (κ2) is 4.09. The van der Waals surface area contributed by atoms with E-state index in [0.717, 1.165) is 6.07 Å². The minimum atomic E-state index is -4.60. The van der Waals surface area contributed by atoms with Gasteiger partial charge in [0, 0.05) is 6.54 Å². The third kappa shape index (κ3) is 2.41. The summed E-state index contributed by atoms with van der Waals surface area (Å²) in [5, 5.41) is 8.33. The summed E-state index contributed by atoms with van der Waals surface area (Å²) in [5.41, 5.74) is 3.84. The van der Waals surface area contributed by atoms with E-state index in [1.165, 1.54) is 12.1 Å². The standard InChI is InChI=1S/C9H6ClF3N2/c10-8-2-5(3-14)1-7(6(8)4-15)9(11,12)13/h1-2H,3,14H2. The molecule has 1 aromatic carbocycles. The van der Waals surface area contributed by atoms with Gasteiger partial charge in [-0.05, 0) is 17.7 Å². The molecule has 1 rings (SSSR count). The van der Waals surface area contributed by atoms with Crippen molar-refractivity contribution in [3.63, 3.8) is 0 Å². The number of alkyl halides is 3. The first-order valence-corrected chi connectivity index (χ1v) is 4.27. The van der Waals surface area contributed by atoms with Crippen LogP contribution in [0.15, 0.2) is 12.1 Å². The number of benzene rings is 1. The van der Waals surface area contributed by atoms with E-state index in [4.69, 9.17) is 22.6 Å². The number of hydrogen-bond acceptors (Lipinski definition) is 2. The van der Waals surface area contributed by atoms with Crippen molar-refractivity contribution in [2.75, 3.05) is 0 Å². The first-order chi connectivity index (χ1) is 6.90. The molecule has 0 aliphatic carbocycles. The van der Waals surface area contributed by atoms with Crippen LogP contribution >= 0.6 is 11.6 Å².